The molecular weight excluding hydrogens is 340 g/mol. The molecule has 100 valence electrons. The van der Waals surface area contributed by atoms with Crippen LogP contribution in [0.1, 0.15) is 11.1 Å². The summed E-state index contributed by atoms with van der Waals surface area (Å²) in [7, 11) is 0. The van der Waals surface area contributed by atoms with E-state index in [-0.39, 0.29) is 5.91 Å². The molecule has 0 radical (unpaired) electrons. The first kappa shape index (κ1) is 13.3. The second-order valence-electron chi connectivity index (χ2n) is 4.51. The fourth-order valence-corrected chi connectivity index (χ4v) is 2.85. The molecular formula is C15H10BrClN2O. The smallest absolute Gasteiger partial charge is 0.275 e. The van der Waals surface area contributed by atoms with E-state index in [1.54, 1.807) is 12.1 Å². The van der Waals surface area contributed by atoms with Crippen LogP contribution >= 0.6 is 27.5 Å². The Kier molecular flexibility index (Phi) is 3.36. The van der Waals surface area contributed by atoms with Crippen LogP contribution in [0.3, 0.4) is 0 Å². The normalized spacial score (nSPS) is 15.3. The number of carbonyl (C=O) groups excluding carboxylic acids is 1. The topological polar surface area (TPSA) is 41.5 Å². The average molecular weight is 350 g/mol. The summed E-state index contributed by atoms with van der Waals surface area (Å²) in [6.07, 6.45) is 0. The Hall–Kier alpha value is -1.65. The summed E-state index contributed by atoms with van der Waals surface area (Å²) in [5.41, 5.74) is 3.63. The molecule has 0 aromatic heterocycles. The van der Waals surface area contributed by atoms with Gasteiger partial charge < -0.3 is 5.32 Å². The number of para-hydroxylation sites is 1. The van der Waals surface area contributed by atoms with E-state index < -0.39 is 0 Å². The Morgan fingerprint density at radius 1 is 1.25 bits per heavy atom. The number of nitrogens with zero attached hydrogens (tertiary/aromatic N) is 1. The van der Waals surface area contributed by atoms with Gasteiger partial charge >= 0.3 is 0 Å². The van der Waals surface area contributed by atoms with Gasteiger partial charge in [-0.05, 0) is 30.7 Å². The van der Waals surface area contributed by atoms with Crippen molar-refractivity contribution in [2.24, 2.45) is 4.99 Å². The van der Waals surface area contributed by atoms with E-state index in [1.807, 2.05) is 31.2 Å². The van der Waals surface area contributed by atoms with E-state index in [9.17, 15) is 4.79 Å². The molecule has 2 aromatic rings. The van der Waals surface area contributed by atoms with Crippen LogP contribution in [0.15, 0.2) is 45.9 Å². The third kappa shape index (κ3) is 2.25. The number of rotatable bonds is 1. The van der Waals surface area contributed by atoms with Crippen LogP contribution in [0.25, 0.3) is 0 Å². The molecule has 1 aliphatic rings. The first-order valence-corrected chi connectivity index (χ1v) is 7.18. The van der Waals surface area contributed by atoms with Crippen LogP contribution in [0.2, 0.25) is 5.02 Å². The Balaban J connectivity index is 2.14. The van der Waals surface area contributed by atoms with Crippen molar-refractivity contribution in [1.29, 1.82) is 0 Å². The second-order valence-corrected chi connectivity index (χ2v) is 5.83. The summed E-state index contributed by atoms with van der Waals surface area (Å²) in [6, 6.07) is 11.1. The van der Waals surface area contributed by atoms with E-state index in [0.717, 1.165) is 21.3 Å². The van der Waals surface area contributed by atoms with Crippen LogP contribution in [0.4, 0.5) is 11.4 Å². The van der Waals surface area contributed by atoms with E-state index in [4.69, 9.17) is 11.6 Å². The third-order valence-corrected chi connectivity index (χ3v) is 3.92. The summed E-state index contributed by atoms with van der Waals surface area (Å²) in [5, 5.41) is 3.35. The van der Waals surface area contributed by atoms with E-state index >= 15 is 0 Å². The summed E-state index contributed by atoms with van der Waals surface area (Å²) in [5.74, 6) is -0.201. The molecule has 2 aromatic carbocycles. The maximum absolute atomic E-state index is 12.1. The molecule has 1 aliphatic heterocycles. The number of carbonyl (C=O) groups is 1. The van der Waals surface area contributed by atoms with Crippen molar-refractivity contribution in [3.05, 3.63) is 57.0 Å². The van der Waals surface area contributed by atoms with Crippen LogP contribution < -0.4 is 5.32 Å². The highest BCUT2D eigenvalue weighted by molar-refractivity contribution is 9.10. The molecule has 0 unspecified atom stereocenters. The summed E-state index contributed by atoms with van der Waals surface area (Å²) >= 11 is 9.49. The minimum Gasteiger partial charge on any atom is -0.320 e. The zero-order chi connectivity index (χ0) is 14.3. The summed E-state index contributed by atoms with van der Waals surface area (Å²) in [6.45, 7) is 1.95. The molecule has 1 heterocycles. The lowest BCUT2D eigenvalue weighted by atomic mass is 10.1. The number of benzene rings is 2. The molecule has 5 heteroatoms. The van der Waals surface area contributed by atoms with Crippen molar-refractivity contribution < 1.29 is 4.79 Å². The maximum atomic E-state index is 12.1. The number of hydrogen-bond donors (Lipinski definition) is 1. The van der Waals surface area contributed by atoms with Crippen molar-refractivity contribution in [2.75, 3.05) is 5.32 Å². The van der Waals surface area contributed by atoms with Crippen molar-refractivity contribution in [3.63, 3.8) is 0 Å². The molecule has 0 spiro atoms. The molecule has 1 N–H and O–H groups in total. The van der Waals surface area contributed by atoms with Crippen molar-refractivity contribution >= 4 is 50.5 Å². The zero-order valence-corrected chi connectivity index (χ0v) is 12.9. The van der Waals surface area contributed by atoms with Gasteiger partial charge in [-0.1, -0.05) is 45.7 Å². The van der Waals surface area contributed by atoms with Crippen molar-refractivity contribution in [2.45, 2.75) is 6.92 Å². The van der Waals surface area contributed by atoms with Gasteiger partial charge in [-0.25, -0.2) is 4.99 Å². The highest BCUT2D eigenvalue weighted by atomic mass is 79.9. The number of nitrogens with one attached hydrogen (secondary N) is 1. The monoisotopic (exact) mass is 348 g/mol. The number of aliphatic imine (C=N–C) groups is 1. The molecule has 0 saturated heterocycles. The van der Waals surface area contributed by atoms with Gasteiger partial charge in [-0.2, -0.15) is 0 Å². The van der Waals surface area contributed by atoms with Crippen LogP contribution in [-0.2, 0) is 4.79 Å². The van der Waals surface area contributed by atoms with Gasteiger partial charge in [0.15, 0.2) is 0 Å². The Morgan fingerprint density at radius 2 is 2.05 bits per heavy atom. The van der Waals surface area contributed by atoms with Crippen LogP contribution in [0, 0.1) is 6.92 Å². The van der Waals surface area contributed by atoms with Gasteiger partial charge in [-0.3, -0.25) is 4.79 Å². The highest BCUT2D eigenvalue weighted by Gasteiger charge is 2.27. The number of halogens is 2. The average Bonchev–Trinajstić information content (AvgIpc) is 2.71. The van der Waals surface area contributed by atoms with E-state index in [2.05, 4.69) is 26.2 Å². The Morgan fingerprint density at radius 3 is 2.80 bits per heavy atom. The van der Waals surface area contributed by atoms with Crippen molar-refractivity contribution in [1.82, 2.24) is 0 Å². The molecule has 0 fully saturated rings. The Labute approximate surface area is 129 Å². The zero-order valence-electron chi connectivity index (χ0n) is 10.6. The fraction of sp³-hybridized carbons (Fsp3) is 0.0667. The number of hydrogen-bond acceptors (Lipinski definition) is 2. The standard InChI is InChI=1S/C15H10BrClN2O/c1-8-3-2-4-10-13(8)19-15(20)14(10)18-12-6-5-9(16)7-11(12)17/h2-7H,1H3,(H,18,19,20). The largest absolute Gasteiger partial charge is 0.320 e. The molecule has 0 bridgehead atoms. The molecule has 1 amide bonds. The number of anilines is 1. The van der Waals surface area contributed by atoms with Crippen molar-refractivity contribution in [3.8, 4) is 0 Å². The first-order chi connectivity index (χ1) is 9.56. The van der Waals surface area contributed by atoms with Gasteiger partial charge in [0.2, 0.25) is 0 Å². The maximum Gasteiger partial charge on any atom is 0.275 e. The first-order valence-electron chi connectivity index (χ1n) is 6.01. The summed E-state index contributed by atoms with van der Waals surface area (Å²) < 4.78 is 0.874. The van der Waals surface area contributed by atoms with Gasteiger partial charge in [-0.15, -0.1) is 0 Å². The minimum atomic E-state index is -0.201. The SMILES string of the molecule is Cc1cccc2c1NC(=O)C2=Nc1ccc(Br)cc1Cl. The second kappa shape index (κ2) is 5.04. The lowest BCUT2D eigenvalue weighted by Crippen LogP contribution is -2.14. The summed E-state index contributed by atoms with van der Waals surface area (Å²) in [4.78, 5) is 16.5. The molecule has 0 atom stereocenters. The Bertz CT molecular complexity index is 756. The predicted octanol–water partition coefficient (Wildman–Crippen LogP) is 4.48. The predicted molar refractivity (Wildman–Crippen MR) is 85.2 cm³/mol. The molecule has 3 nitrogen and oxygen atoms in total. The quantitative estimate of drug-likeness (QED) is 0.810. The lowest BCUT2D eigenvalue weighted by Gasteiger charge is -2.02. The van der Waals surface area contributed by atoms with Gasteiger partial charge in [0, 0.05) is 10.0 Å². The molecule has 0 aliphatic carbocycles. The molecule has 20 heavy (non-hydrogen) atoms. The van der Waals surface area contributed by atoms with E-state index in [1.165, 1.54) is 0 Å². The minimum absolute atomic E-state index is 0.201. The van der Waals surface area contributed by atoms with Crippen LogP contribution in [0.5, 0.6) is 0 Å². The molecule has 0 saturated carbocycles. The third-order valence-electron chi connectivity index (χ3n) is 3.12. The molecule has 3 rings (SSSR count). The highest BCUT2D eigenvalue weighted by Crippen LogP contribution is 2.32. The van der Waals surface area contributed by atoms with Crippen LogP contribution in [-0.4, -0.2) is 11.6 Å². The van der Waals surface area contributed by atoms with Gasteiger partial charge in [0.1, 0.15) is 5.71 Å². The lowest BCUT2D eigenvalue weighted by molar-refractivity contribution is -0.110. The number of aryl methyl sites for hydroxylation is 1. The fourth-order valence-electron chi connectivity index (χ4n) is 2.13. The van der Waals surface area contributed by atoms with E-state index in [0.29, 0.717) is 16.4 Å². The number of amides is 1. The number of fused-ring (bicyclic) bond motifs is 1. The van der Waals surface area contributed by atoms with Gasteiger partial charge in [0.05, 0.1) is 16.4 Å². The van der Waals surface area contributed by atoms with Gasteiger partial charge in [0.25, 0.3) is 5.91 Å².